The number of piperidine rings is 2. The van der Waals surface area contributed by atoms with Crippen molar-refractivity contribution in [3.63, 3.8) is 0 Å². The number of hydrogen-bond donors (Lipinski definition) is 3. The first-order valence-electron chi connectivity index (χ1n) is 22.5. The van der Waals surface area contributed by atoms with Gasteiger partial charge < -0.3 is 48.6 Å². The first-order chi connectivity index (χ1) is 33.9. The number of carbonyl (C=O) groups is 3. The van der Waals surface area contributed by atoms with Crippen LogP contribution in [0.4, 0.5) is 45.9 Å². The second-order valence-corrected chi connectivity index (χ2v) is 19.3. The molecule has 3 N–H and O–H groups in total. The van der Waals surface area contributed by atoms with Gasteiger partial charge in [-0.15, -0.1) is 10.2 Å². The van der Waals surface area contributed by atoms with Crippen LogP contribution < -0.4 is 35.1 Å². The summed E-state index contributed by atoms with van der Waals surface area (Å²) in [5, 5.41) is 24.1. The molecule has 2 unspecified atom stereocenters. The second-order valence-electron chi connectivity index (χ2n) is 18.4. The Balaban J connectivity index is 0.000000214. The van der Waals surface area contributed by atoms with Gasteiger partial charge in [-0.25, -0.2) is 13.6 Å². The number of nitrogens with one attached hydrogen (secondary N) is 3. The summed E-state index contributed by atoms with van der Waals surface area (Å²) in [5.41, 5.74) is -0.816. The molecule has 4 aliphatic rings. The van der Waals surface area contributed by atoms with Crippen molar-refractivity contribution in [2.24, 2.45) is 17.8 Å². The molecule has 4 fully saturated rings. The predicted octanol–water partition coefficient (Wildman–Crippen LogP) is 7.92. The number of hydrogen-bond acceptors (Lipinski definition) is 15. The highest BCUT2D eigenvalue weighted by atomic mass is 35.5. The van der Waals surface area contributed by atoms with E-state index in [1.807, 2.05) is 0 Å². The number of alkyl halides is 6. The van der Waals surface area contributed by atoms with Crippen LogP contribution in [0.15, 0.2) is 45.2 Å². The minimum Gasteiger partial charge on any atom is -0.484 e. The maximum absolute atomic E-state index is 13.6. The van der Waals surface area contributed by atoms with E-state index in [2.05, 4.69) is 36.3 Å². The summed E-state index contributed by atoms with van der Waals surface area (Å²) in [6.07, 6.45) is -7.38. The van der Waals surface area contributed by atoms with Gasteiger partial charge in [0.25, 0.3) is 11.8 Å². The summed E-state index contributed by atoms with van der Waals surface area (Å²) in [6.45, 7) is 4.20. The topological polar surface area (TPSA) is 209 Å². The molecular formula is C44H49Cl2F8N9O9. The molecule has 5 heterocycles. The zero-order valence-corrected chi connectivity index (χ0v) is 40.1. The molecule has 3 amide bonds. The monoisotopic (exact) mass is 1070 g/mol. The van der Waals surface area contributed by atoms with Crippen LogP contribution >= 0.6 is 23.2 Å². The zero-order valence-electron chi connectivity index (χ0n) is 38.6. The van der Waals surface area contributed by atoms with Crippen LogP contribution in [0.1, 0.15) is 76.7 Å². The molecule has 2 aromatic carbocycles. The number of nitrogens with zero attached hydrogens (tertiary/aromatic N) is 6. The van der Waals surface area contributed by atoms with Crippen LogP contribution in [0.3, 0.4) is 0 Å². The molecule has 72 heavy (non-hydrogen) atoms. The maximum Gasteiger partial charge on any atom is 0.414 e. The number of likely N-dealkylation sites (tertiary alicyclic amines) is 1. The van der Waals surface area contributed by atoms with E-state index >= 15 is 0 Å². The van der Waals surface area contributed by atoms with Crippen molar-refractivity contribution in [2.75, 3.05) is 50.9 Å². The third-order valence-electron chi connectivity index (χ3n) is 11.7. The molecule has 18 nitrogen and oxygen atoms in total. The highest BCUT2D eigenvalue weighted by Gasteiger charge is 2.56. The molecule has 8 rings (SSSR count). The van der Waals surface area contributed by atoms with Crippen LogP contribution in [-0.2, 0) is 14.3 Å². The van der Waals surface area contributed by atoms with E-state index in [4.69, 9.17) is 51.0 Å². The molecule has 3 aliphatic heterocycles. The van der Waals surface area contributed by atoms with Crippen molar-refractivity contribution in [3.8, 4) is 17.6 Å². The molecular weight excluding hydrogens is 1020 g/mol. The van der Waals surface area contributed by atoms with E-state index in [0.29, 0.717) is 32.2 Å². The smallest absolute Gasteiger partial charge is 0.414 e. The summed E-state index contributed by atoms with van der Waals surface area (Å²) in [7, 11) is 0. The van der Waals surface area contributed by atoms with E-state index in [0.717, 1.165) is 12.1 Å². The quantitative estimate of drug-likeness (QED) is 0.103. The highest BCUT2D eigenvalue weighted by molar-refractivity contribution is 6.31. The number of benzene rings is 2. The van der Waals surface area contributed by atoms with Crippen LogP contribution in [0, 0.1) is 29.4 Å². The number of amides is 3. The fourth-order valence-corrected chi connectivity index (χ4v) is 8.02. The molecule has 2 aromatic heterocycles. The normalized spacial score (nSPS) is 22.5. The summed E-state index contributed by atoms with van der Waals surface area (Å²) < 4.78 is 136. The third-order valence-corrected chi connectivity index (χ3v) is 12.3. The predicted molar refractivity (Wildman–Crippen MR) is 236 cm³/mol. The van der Waals surface area contributed by atoms with Crippen molar-refractivity contribution >= 4 is 47.1 Å². The van der Waals surface area contributed by atoms with Gasteiger partial charge in [0, 0.05) is 56.3 Å². The third kappa shape index (κ3) is 14.9. The van der Waals surface area contributed by atoms with Crippen LogP contribution in [0.5, 0.6) is 17.6 Å². The van der Waals surface area contributed by atoms with Crippen molar-refractivity contribution in [2.45, 2.75) is 95.0 Å². The summed E-state index contributed by atoms with van der Waals surface area (Å²) in [5.74, 6) is -4.89. The average Bonchev–Trinajstić information content (AvgIpc) is 3.68. The van der Waals surface area contributed by atoms with Gasteiger partial charge in [0.1, 0.15) is 34.8 Å². The lowest BCUT2D eigenvalue weighted by molar-refractivity contribution is -0.180. The van der Waals surface area contributed by atoms with E-state index in [1.54, 1.807) is 20.8 Å². The molecule has 0 spiro atoms. The summed E-state index contributed by atoms with van der Waals surface area (Å²) in [4.78, 5) is 40.3. The maximum atomic E-state index is 13.6. The Morgan fingerprint density at radius 3 is 1.89 bits per heavy atom. The Bertz CT molecular complexity index is 2520. The van der Waals surface area contributed by atoms with Gasteiger partial charge in [-0.05, 0) is 77.1 Å². The second kappa shape index (κ2) is 22.5. The SMILES string of the molecule is CC(C)(C)OC(=O)N1C[C@@H](NC(=O)COc2ccc(Cl)c(F)c2)CC[C@@H]1c1nnc(N2CC(C(F)(F)F)C2)o1.O=C(COc1ccc(Cl)c(F)c1)N[C@H]1CC[C@H](c2nnc(OCC3CC3C(F)(F)F)o2)NC1. The van der Waals surface area contributed by atoms with Crippen molar-refractivity contribution in [1.82, 2.24) is 41.2 Å². The molecule has 3 saturated heterocycles. The van der Waals surface area contributed by atoms with Crippen LogP contribution in [0.2, 0.25) is 10.0 Å². The van der Waals surface area contributed by atoms with Gasteiger partial charge in [-0.3, -0.25) is 14.5 Å². The van der Waals surface area contributed by atoms with Crippen LogP contribution in [0.25, 0.3) is 0 Å². The number of rotatable bonds is 14. The number of halogens is 10. The van der Waals surface area contributed by atoms with Gasteiger partial charge in [0.05, 0.1) is 34.5 Å². The fraction of sp³-hybridized carbons (Fsp3) is 0.568. The summed E-state index contributed by atoms with van der Waals surface area (Å²) >= 11 is 11.3. The molecule has 0 radical (unpaired) electrons. The number of anilines is 1. The Labute approximate surface area is 415 Å². The van der Waals surface area contributed by atoms with E-state index in [1.165, 1.54) is 34.1 Å². The Hall–Kier alpha value is -5.89. The van der Waals surface area contributed by atoms with Gasteiger partial charge in [0.15, 0.2) is 13.2 Å². The minimum absolute atomic E-state index is 0.0347. The minimum atomic E-state index is -4.30. The van der Waals surface area contributed by atoms with Gasteiger partial charge in [-0.1, -0.05) is 33.4 Å². The molecule has 28 heteroatoms. The van der Waals surface area contributed by atoms with Crippen molar-refractivity contribution in [3.05, 3.63) is 69.9 Å². The number of carbonyl (C=O) groups excluding carboxylic acids is 3. The summed E-state index contributed by atoms with van der Waals surface area (Å²) in [6, 6.07) is 6.05. The molecule has 4 aromatic rings. The van der Waals surface area contributed by atoms with Crippen molar-refractivity contribution in [1.29, 1.82) is 0 Å². The Kier molecular flexibility index (Phi) is 16.8. The molecule has 1 aliphatic carbocycles. The number of ether oxygens (including phenoxy) is 4. The molecule has 1 saturated carbocycles. The zero-order chi connectivity index (χ0) is 52.1. The number of aromatic nitrogens is 4. The molecule has 6 atom stereocenters. The van der Waals surface area contributed by atoms with E-state index in [9.17, 15) is 49.5 Å². The van der Waals surface area contributed by atoms with Crippen LogP contribution in [-0.4, -0.2) is 119 Å². The Morgan fingerprint density at radius 1 is 0.750 bits per heavy atom. The lowest BCUT2D eigenvalue weighted by atomic mass is 9.98. The van der Waals surface area contributed by atoms with E-state index in [-0.39, 0.29) is 103 Å². The Morgan fingerprint density at radius 2 is 1.35 bits per heavy atom. The average molecular weight is 1070 g/mol. The van der Waals surface area contributed by atoms with Gasteiger partial charge in [-0.2, -0.15) is 26.3 Å². The highest BCUT2D eigenvalue weighted by Crippen LogP contribution is 2.50. The van der Waals surface area contributed by atoms with Crippen molar-refractivity contribution < 1.29 is 77.3 Å². The molecule has 394 valence electrons. The molecule has 0 bridgehead atoms. The fourth-order valence-electron chi connectivity index (χ4n) is 7.79. The van der Waals surface area contributed by atoms with E-state index < -0.39 is 78.0 Å². The van der Waals surface area contributed by atoms with Gasteiger partial charge >= 0.3 is 30.5 Å². The lowest BCUT2D eigenvalue weighted by Crippen LogP contribution is -2.53. The van der Waals surface area contributed by atoms with Gasteiger partial charge in [0.2, 0.25) is 11.8 Å². The lowest BCUT2D eigenvalue weighted by Gasteiger charge is -2.39. The first kappa shape index (κ1) is 53.9. The standard InChI is InChI=1S/C24H28ClF4N5O5.C20H21ClF4N4O4/c1-23(2,3)39-22(36)34-11-14(30-19(35)12-37-15-5-6-16(25)17(26)8-15)4-7-18(34)20-31-32-21(38-20)33-9-13(10-33)24(27,28)29;21-14-3-2-12(6-15(14)22)31-9-17(30)27-11-1-4-16(26-7-11)18-28-29-19(33-18)32-8-10-5-13(10)20(23,24)25/h5-6,8,13-14,18H,4,7,9-12H2,1-3H3,(H,30,35);2-3,6,10-11,13,16,26H,1,4-5,7-9H2,(H,27,30)/t14-,18+;10?,11-,13?,16+/m00/s1. The first-order valence-corrected chi connectivity index (χ1v) is 23.3. The largest absolute Gasteiger partial charge is 0.484 e.